The highest BCUT2D eigenvalue weighted by Gasteiger charge is 2.17. The van der Waals surface area contributed by atoms with Crippen molar-refractivity contribution in [1.29, 1.82) is 0 Å². The summed E-state index contributed by atoms with van der Waals surface area (Å²) in [7, 11) is 0. The van der Waals surface area contributed by atoms with Crippen molar-refractivity contribution in [2.24, 2.45) is 0 Å². The Balaban J connectivity index is 1.59. The van der Waals surface area contributed by atoms with Crippen LogP contribution in [0.2, 0.25) is 5.02 Å². The SMILES string of the molecule is CCc1ccc(-n2c(SCC(=O)Nc3cccc(Cl)c3)nnc2-c2ccccc2)cc1. The predicted octanol–water partition coefficient (Wildman–Crippen LogP) is 5.88. The molecular weight excluding hydrogens is 428 g/mol. The number of aromatic nitrogens is 3. The summed E-state index contributed by atoms with van der Waals surface area (Å²) >= 11 is 7.34. The molecular formula is C24H21ClN4OS. The highest BCUT2D eigenvalue weighted by molar-refractivity contribution is 7.99. The van der Waals surface area contributed by atoms with Gasteiger partial charge in [-0.3, -0.25) is 9.36 Å². The Hall–Kier alpha value is -3.09. The minimum Gasteiger partial charge on any atom is -0.325 e. The van der Waals surface area contributed by atoms with Crippen LogP contribution in [0, 0.1) is 0 Å². The lowest BCUT2D eigenvalue weighted by Gasteiger charge is -2.11. The van der Waals surface area contributed by atoms with Gasteiger partial charge in [0.15, 0.2) is 11.0 Å². The molecule has 0 saturated carbocycles. The zero-order valence-corrected chi connectivity index (χ0v) is 18.5. The van der Waals surface area contributed by atoms with Crippen LogP contribution in [0.1, 0.15) is 12.5 Å². The standard InChI is InChI=1S/C24H21ClN4OS/c1-2-17-11-13-21(14-12-17)29-23(18-7-4-3-5-8-18)27-28-24(29)31-16-22(30)26-20-10-6-9-19(25)15-20/h3-15H,2,16H2,1H3,(H,26,30). The molecule has 7 heteroatoms. The number of halogens is 1. The number of carbonyl (C=O) groups excluding carboxylic acids is 1. The molecule has 0 atom stereocenters. The molecule has 4 rings (SSSR count). The van der Waals surface area contributed by atoms with E-state index in [1.807, 2.05) is 34.9 Å². The van der Waals surface area contributed by atoms with Gasteiger partial charge in [-0.15, -0.1) is 10.2 Å². The lowest BCUT2D eigenvalue weighted by atomic mass is 10.1. The lowest BCUT2D eigenvalue weighted by molar-refractivity contribution is -0.113. The molecule has 4 aromatic rings. The van der Waals surface area contributed by atoms with E-state index in [0.29, 0.717) is 15.9 Å². The van der Waals surface area contributed by atoms with Crippen LogP contribution in [0.5, 0.6) is 0 Å². The van der Waals surface area contributed by atoms with Gasteiger partial charge in [-0.25, -0.2) is 0 Å². The van der Waals surface area contributed by atoms with Gasteiger partial charge in [0.2, 0.25) is 5.91 Å². The van der Waals surface area contributed by atoms with Gasteiger partial charge >= 0.3 is 0 Å². The molecule has 0 bridgehead atoms. The van der Waals surface area contributed by atoms with E-state index in [0.717, 1.165) is 23.5 Å². The van der Waals surface area contributed by atoms with Gasteiger partial charge in [-0.05, 0) is 42.3 Å². The summed E-state index contributed by atoms with van der Waals surface area (Å²) in [5.41, 5.74) is 3.84. The van der Waals surface area contributed by atoms with E-state index in [1.165, 1.54) is 17.3 Å². The van der Waals surface area contributed by atoms with Crippen LogP contribution in [0.25, 0.3) is 17.1 Å². The molecule has 1 heterocycles. The number of hydrogen-bond acceptors (Lipinski definition) is 4. The van der Waals surface area contributed by atoms with Gasteiger partial charge in [0, 0.05) is 22.0 Å². The first-order chi connectivity index (χ1) is 15.1. The second-order valence-electron chi connectivity index (χ2n) is 6.87. The van der Waals surface area contributed by atoms with Gasteiger partial charge in [0.1, 0.15) is 0 Å². The predicted molar refractivity (Wildman–Crippen MR) is 127 cm³/mol. The van der Waals surface area contributed by atoms with Crippen molar-refractivity contribution in [1.82, 2.24) is 14.8 Å². The average molecular weight is 449 g/mol. The van der Waals surface area contributed by atoms with Gasteiger partial charge in [0.25, 0.3) is 0 Å². The van der Waals surface area contributed by atoms with Gasteiger partial charge in [0.05, 0.1) is 5.75 Å². The van der Waals surface area contributed by atoms with Crippen molar-refractivity contribution in [3.05, 3.63) is 89.4 Å². The van der Waals surface area contributed by atoms with Crippen LogP contribution in [0.15, 0.2) is 84.0 Å². The molecule has 0 aliphatic rings. The lowest BCUT2D eigenvalue weighted by Crippen LogP contribution is -2.14. The van der Waals surface area contributed by atoms with E-state index >= 15 is 0 Å². The van der Waals surface area contributed by atoms with Crippen molar-refractivity contribution >= 4 is 35.0 Å². The number of amides is 1. The molecule has 3 aromatic carbocycles. The summed E-state index contributed by atoms with van der Waals surface area (Å²) in [5, 5.41) is 12.9. The third-order valence-corrected chi connectivity index (χ3v) is 5.87. The molecule has 0 fully saturated rings. The average Bonchev–Trinajstić information content (AvgIpc) is 3.22. The van der Waals surface area contributed by atoms with Crippen LogP contribution in [0.4, 0.5) is 5.69 Å². The maximum atomic E-state index is 12.5. The smallest absolute Gasteiger partial charge is 0.234 e. The molecule has 1 amide bonds. The first-order valence-corrected chi connectivity index (χ1v) is 11.3. The summed E-state index contributed by atoms with van der Waals surface area (Å²) in [6.45, 7) is 2.13. The minimum absolute atomic E-state index is 0.135. The van der Waals surface area contributed by atoms with E-state index in [-0.39, 0.29) is 11.7 Å². The van der Waals surface area contributed by atoms with Crippen LogP contribution in [0.3, 0.4) is 0 Å². The third-order valence-electron chi connectivity index (χ3n) is 4.71. The molecule has 0 aliphatic heterocycles. The number of nitrogens with zero attached hydrogens (tertiary/aromatic N) is 3. The number of anilines is 1. The molecule has 1 aromatic heterocycles. The van der Waals surface area contributed by atoms with E-state index in [1.54, 1.807) is 24.3 Å². The Bertz CT molecular complexity index is 1180. The number of nitrogens with one attached hydrogen (secondary N) is 1. The van der Waals surface area contributed by atoms with Crippen molar-refractivity contribution in [3.63, 3.8) is 0 Å². The molecule has 1 N–H and O–H groups in total. The van der Waals surface area contributed by atoms with Crippen LogP contribution in [-0.2, 0) is 11.2 Å². The fourth-order valence-electron chi connectivity index (χ4n) is 3.14. The first-order valence-electron chi connectivity index (χ1n) is 9.92. The van der Waals surface area contributed by atoms with Crippen LogP contribution < -0.4 is 5.32 Å². The van der Waals surface area contributed by atoms with Crippen molar-refractivity contribution in [2.45, 2.75) is 18.5 Å². The highest BCUT2D eigenvalue weighted by atomic mass is 35.5. The Labute approximate surface area is 190 Å². The summed E-state index contributed by atoms with van der Waals surface area (Å²) in [6.07, 6.45) is 0.972. The quantitative estimate of drug-likeness (QED) is 0.358. The second-order valence-corrected chi connectivity index (χ2v) is 8.25. The molecule has 5 nitrogen and oxygen atoms in total. The molecule has 31 heavy (non-hydrogen) atoms. The summed E-state index contributed by atoms with van der Waals surface area (Å²) in [5.74, 6) is 0.805. The fraction of sp³-hybridized carbons (Fsp3) is 0.125. The number of aryl methyl sites for hydroxylation is 1. The van der Waals surface area contributed by atoms with E-state index in [4.69, 9.17) is 11.6 Å². The summed E-state index contributed by atoms with van der Waals surface area (Å²) in [4.78, 5) is 12.5. The van der Waals surface area contributed by atoms with E-state index in [2.05, 4.69) is 46.7 Å². The molecule has 0 saturated heterocycles. The zero-order valence-electron chi connectivity index (χ0n) is 17.0. The highest BCUT2D eigenvalue weighted by Crippen LogP contribution is 2.28. The largest absolute Gasteiger partial charge is 0.325 e. The second kappa shape index (κ2) is 9.81. The molecule has 0 radical (unpaired) electrons. The number of thioether (sulfide) groups is 1. The van der Waals surface area contributed by atoms with Crippen molar-refractivity contribution in [2.75, 3.05) is 11.1 Å². The Morgan fingerprint density at radius 3 is 2.48 bits per heavy atom. The van der Waals surface area contributed by atoms with Crippen LogP contribution >= 0.6 is 23.4 Å². The maximum absolute atomic E-state index is 12.5. The molecule has 0 spiro atoms. The maximum Gasteiger partial charge on any atom is 0.234 e. The number of hydrogen-bond donors (Lipinski definition) is 1. The first kappa shape index (κ1) is 21.2. The van der Waals surface area contributed by atoms with Gasteiger partial charge in [-0.2, -0.15) is 0 Å². The molecule has 0 unspecified atom stereocenters. The topological polar surface area (TPSA) is 59.8 Å². The monoisotopic (exact) mass is 448 g/mol. The van der Waals surface area contributed by atoms with Crippen molar-refractivity contribution in [3.8, 4) is 17.1 Å². The van der Waals surface area contributed by atoms with Crippen LogP contribution in [-0.4, -0.2) is 26.4 Å². The van der Waals surface area contributed by atoms with Gasteiger partial charge < -0.3 is 5.32 Å². The number of rotatable bonds is 7. The Kier molecular flexibility index (Phi) is 6.70. The Morgan fingerprint density at radius 2 is 1.77 bits per heavy atom. The normalized spacial score (nSPS) is 10.8. The number of benzene rings is 3. The number of carbonyl (C=O) groups is 1. The minimum atomic E-state index is -0.135. The third kappa shape index (κ3) is 5.16. The van der Waals surface area contributed by atoms with Gasteiger partial charge in [-0.1, -0.05) is 78.8 Å². The molecule has 156 valence electrons. The zero-order chi connectivity index (χ0) is 21.6. The summed E-state index contributed by atoms with van der Waals surface area (Å²) < 4.78 is 1.99. The Morgan fingerprint density at radius 1 is 1.00 bits per heavy atom. The van der Waals surface area contributed by atoms with Crippen molar-refractivity contribution < 1.29 is 4.79 Å². The summed E-state index contributed by atoms with van der Waals surface area (Å²) in [6, 6.07) is 25.3. The van der Waals surface area contributed by atoms with E-state index in [9.17, 15) is 4.79 Å². The molecule has 0 aliphatic carbocycles. The fourth-order valence-corrected chi connectivity index (χ4v) is 4.09. The van der Waals surface area contributed by atoms with E-state index < -0.39 is 0 Å².